The summed E-state index contributed by atoms with van der Waals surface area (Å²) in [7, 11) is 1.34. The van der Waals surface area contributed by atoms with Gasteiger partial charge in [-0.2, -0.15) is 0 Å². The van der Waals surface area contributed by atoms with Crippen molar-refractivity contribution in [2.24, 2.45) is 5.73 Å². The fourth-order valence-corrected chi connectivity index (χ4v) is 3.03. The van der Waals surface area contributed by atoms with Crippen LogP contribution >= 0.6 is 11.3 Å². The molecule has 1 amide bonds. The summed E-state index contributed by atoms with van der Waals surface area (Å²) in [6.07, 6.45) is 1.47. The Kier molecular flexibility index (Phi) is 4.77. The molecule has 1 fully saturated rings. The number of nitrogens with two attached hydrogens (primary N) is 1. The predicted molar refractivity (Wildman–Crippen MR) is 76.3 cm³/mol. The fourth-order valence-electron chi connectivity index (χ4n) is 2.19. The summed E-state index contributed by atoms with van der Waals surface area (Å²) in [5.74, 6) is 5.16. The molecule has 1 aliphatic heterocycles. The summed E-state index contributed by atoms with van der Waals surface area (Å²) in [5.41, 5.74) is 5.31. The second-order valence-electron chi connectivity index (χ2n) is 4.35. The van der Waals surface area contributed by atoms with Gasteiger partial charge in [0.2, 0.25) is 0 Å². The van der Waals surface area contributed by atoms with Gasteiger partial charge in [0.15, 0.2) is 0 Å². The zero-order valence-electron chi connectivity index (χ0n) is 11.2. The van der Waals surface area contributed by atoms with Crippen molar-refractivity contribution in [1.82, 2.24) is 4.90 Å². The lowest BCUT2D eigenvalue weighted by molar-refractivity contribution is -0.145. The van der Waals surface area contributed by atoms with Gasteiger partial charge in [-0.25, -0.2) is 4.79 Å². The third-order valence-electron chi connectivity index (χ3n) is 3.12. The number of methoxy groups -OCH3 is 1. The molecule has 0 radical (unpaired) electrons. The molecule has 0 bridgehead atoms. The molecule has 2 N–H and O–H groups in total. The second-order valence-corrected chi connectivity index (χ2v) is 5.43. The number of carbonyl (C=O) groups is 2. The third kappa shape index (κ3) is 3.00. The Bertz CT molecular complexity index is 570. The van der Waals surface area contributed by atoms with E-state index in [-0.39, 0.29) is 18.4 Å². The maximum absolute atomic E-state index is 12.4. The molecular weight excluding hydrogens is 276 g/mol. The SMILES string of the molecule is COC(=O)C1CCCN1C(=O)c1ccc(C#CCN)s1. The van der Waals surface area contributed by atoms with Gasteiger partial charge >= 0.3 is 5.97 Å². The largest absolute Gasteiger partial charge is 0.467 e. The number of hydrogen-bond donors (Lipinski definition) is 1. The van der Waals surface area contributed by atoms with Crippen molar-refractivity contribution in [3.8, 4) is 11.8 Å². The molecular formula is C14H16N2O3S. The van der Waals surface area contributed by atoms with E-state index in [4.69, 9.17) is 10.5 Å². The molecule has 20 heavy (non-hydrogen) atoms. The highest BCUT2D eigenvalue weighted by atomic mass is 32.1. The molecule has 0 saturated carbocycles. The molecule has 6 heteroatoms. The quantitative estimate of drug-likeness (QED) is 0.647. The van der Waals surface area contributed by atoms with Crippen molar-refractivity contribution in [3.63, 3.8) is 0 Å². The molecule has 1 aliphatic rings. The molecule has 1 aromatic heterocycles. The van der Waals surface area contributed by atoms with E-state index in [1.165, 1.54) is 18.4 Å². The van der Waals surface area contributed by atoms with E-state index in [0.29, 0.717) is 17.8 Å². The van der Waals surface area contributed by atoms with Gasteiger partial charge in [0.1, 0.15) is 6.04 Å². The van der Waals surface area contributed by atoms with Crippen molar-refractivity contribution >= 4 is 23.2 Å². The first-order chi connectivity index (χ1) is 9.67. The Morgan fingerprint density at radius 3 is 3.05 bits per heavy atom. The van der Waals surface area contributed by atoms with Gasteiger partial charge in [-0.1, -0.05) is 11.8 Å². The maximum atomic E-state index is 12.4. The topological polar surface area (TPSA) is 72.6 Å². The number of ether oxygens (including phenoxy) is 1. The average Bonchev–Trinajstić information content (AvgIpc) is 3.12. The van der Waals surface area contributed by atoms with Gasteiger partial charge in [0.05, 0.1) is 23.4 Å². The van der Waals surface area contributed by atoms with Crippen molar-refractivity contribution < 1.29 is 14.3 Å². The first kappa shape index (κ1) is 14.6. The maximum Gasteiger partial charge on any atom is 0.328 e. The summed E-state index contributed by atoms with van der Waals surface area (Å²) in [6.45, 7) is 0.873. The minimum atomic E-state index is -0.465. The van der Waals surface area contributed by atoms with Gasteiger partial charge in [0, 0.05) is 6.54 Å². The van der Waals surface area contributed by atoms with Crippen LogP contribution in [0, 0.1) is 11.8 Å². The Hall–Kier alpha value is -1.84. The third-order valence-corrected chi connectivity index (χ3v) is 4.11. The van der Waals surface area contributed by atoms with Gasteiger partial charge in [0.25, 0.3) is 5.91 Å². The normalized spacial score (nSPS) is 17.5. The smallest absolute Gasteiger partial charge is 0.328 e. The lowest BCUT2D eigenvalue weighted by Crippen LogP contribution is -2.40. The molecule has 2 heterocycles. The molecule has 0 aromatic carbocycles. The number of thiophene rings is 1. The minimum Gasteiger partial charge on any atom is -0.467 e. The monoisotopic (exact) mass is 292 g/mol. The summed E-state index contributed by atoms with van der Waals surface area (Å²) in [5, 5.41) is 0. The van der Waals surface area contributed by atoms with Crippen molar-refractivity contribution in [2.45, 2.75) is 18.9 Å². The molecule has 1 unspecified atom stereocenters. The number of rotatable bonds is 2. The van der Waals surface area contributed by atoms with E-state index in [9.17, 15) is 9.59 Å². The first-order valence-electron chi connectivity index (χ1n) is 6.35. The molecule has 1 aromatic rings. The van der Waals surface area contributed by atoms with E-state index in [0.717, 1.165) is 11.3 Å². The standard InChI is InChI=1S/C14H16N2O3S/c1-19-14(18)11-5-3-9-16(11)13(17)12-7-6-10(20-12)4-2-8-15/h6-7,11H,3,5,8-9,15H2,1H3. The van der Waals surface area contributed by atoms with Crippen molar-refractivity contribution in [2.75, 3.05) is 20.2 Å². The molecule has 0 spiro atoms. The van der Waals surface area contributed by atoms with Crippen LogP contribution < -0.4 is 5.73 Å². The van der Waals surface area contributed by atoms with Crippen LogP contribution in [-0.4, -0.2) is 43.0 Å². The number of hydrogen-bond acceptors (Lipinski definition) is 5. The van der Waals surface area contributed by atoms with E-state index in [1.54, 1.807) is 17.0 Å². The molecule has 5 nitrogen and oxygen atoms in total. The van der Waals surface area contributed by atoms with Gasteiger partial charge in [-0.05, 0) is 25.0 Å². The summed E-state index contributed by atoms with van der Waals surface area (Å²) < 4.78 is 4.74. The number of amides is 1. The molecule has 2 rings (SSSR count). The van der Waals surface area contributed by atoms with Crippen LogP contribution in [0.1, 0.15) is 27.4 Å². The Balaban J connectivity index is 2.14. The molecule has 0 aliphatic carbocycles. The average molecular weight is 292 g/mol. The highest BCUT2D eigenvalue weighted by Crippen LogP contribution is 2.24. The van der Waals surface area contributed by atoms with Crippen LogP contribution in [0.25, 0.3) is 0 Å². The van der Waals surface area contributed by atoms with Gasteiger partial charge < -0.3 is 15.4 Å². The van der Waals surface area contributed by atoms with Crippen LogP contribution in [0.5, 0.6) is 0 Å². The van der Waals surface area contributed by atoms with Crippen LogP contribution in [0.4, 0.5) is 0 Å². The van der Waals surface area contributed by atoms with Crippen molar-refractivity contribution in [3.05, 3.63) is 21.9 Å². The second kappa shape index (κ2) is 6.55. The predicted octanol–water partition coefficient (Wildman–Crippen LogP) is 0.836. The van der Waals surface area contributed by atoms with Crippen LogP contribution in [0.2, 0.25) is 0 Å². The van der Waals surface area contributed by atoms with Gasteiger partial charge in [-0.3, -0.25) is 4.79 Å². The van der Waals surface area contributed by atoms with Crippen LogP contribution in [0.15, 0.2) is 12.1 Å². The van der Waals surface area contributed by atoms with Crippen molar-refractivity contribution in [1.29, 1.82) is 0 Å². The van der Waals surface area contributed by atoms with E-state index < -0.39 is 6.04 Å². The van der Waals surface area contributed by atoms with E-state index >= 15 is 0 Å². The van der Waals surface area contributed by atoms with Crippen LogP contribution in [-0.2, 0) is 9.53 Å². The zero-order valence-corrected chi connectivity index (χ0v) is 12.0. The Morgan fingerprint density at radius 1 is 1.55 bits per heavy atom. The Morgan fingerprint density at radius 2 is 2.35 bits per heavy atom. The lowest BCUT2D eigenvalue weighted by Gasteiger charge is -2.21. The number of esters is 1. The summed E-state index contributed by atoms with van der Waals surface area (Å²) in [6, 6.07) is 3.07. The zero-order chi connectivity index (χ0) is 14.5. The van der Waals surface area contributed by atoms with Crippen LogP contribution in [0.3, 0.4) is 0 Å². The highest BCUT2D eigenvalue weighted by molar-refractivity contribution is 7.14. The number of nitrogens with zero attached hydrogens (tertiary/aromatic N) is 1. The molecule has 1 atom stereocenters. The minimum absolute atomic E-state index is 0.135. The van der Waals surface area contributed by atoms with E-state index in [1.807, 2.05) is 0 Å². The van der Waals surface area contributed by atoms with E-state index in [2.05, 4.69) is 11.8 Å². The Labute approximate surface area is 121 Å². The first-order valence-corrected chi connectivity index (χ1v) is 7.16. The summed E-state index contributed by atoms with van der Waals surface area (Å²) >= 11 is 1.32. The summed E-state index contributed by atoms with van der Waals surface area (Å²) in [4.78, 5) is 27.0. The number of carbonyl (C=O) groups excluding carboxylic acids is 2. The molecule has 106 valence electrons. The van der Waals surface area contributed by atoms with Gasteiger partial charge in [-0.15, -0.1) is 11.3 Å². The lowest BCUT2D eigenvalue weighted by atomic mass is 10.2. The highest BCUT2D eigenvalue weighted by Gasteiger charge is 2.35. The number of likely N-dealkylation sites (tertiary alicyclic amines) is 1. The fraction of sp³-hybridized carbons (Fsp3) is 0.429. The molecule has 1 saturated heterocycles.